The van der Waals surface area contributed by atoms with Crippen molar-refractivity contribution >= 4 is 28.3 Å². The Morgan fingerprint density at radius 1 is 0.967 bits per heavy atom. The van der Waals surface area contributed by atoms with Crippen molar-refractivity contribution < 1.29 is 13.8 Å². The maximum absolute atomic E-state index is 12.3. The zero-order chi connectivity index (χ0) is 21.1. The number of hydrogen-bond acceptors (Lipinski definition) is 5. The number of anilines is 1. The Morgan fingerprint density at radius 3 is 2.40 bits per heavy atom. The Kier molecular flexibility index (Phi) is 6.29. The molecule has 2 aromatic carbocycles. The van der Waals surface area contributed by atoms with Gasteiger partial charge in [0.2, 0.25) is 0 Å². The largest absolute Gasteiger partial charge is 0.361 e. The van der Waals surface area contributed by atoms with Crippen molar-refractivity contribution in [2.45, 2.75) is 30.6 Å². The molecule has 2 heterocycles. The van der Waals surface area contributed by atoms with Crippen LogP contribution in [-0.2, 0) is 17.2 Å². The molecule has 0 fully saturated rings. The number of nitrogens with zero attached hydrogens (tertiary/aromatic N) is 2. The number of rotatable bonds is 9. The van der Waals surface area contributed by atoms with Crippen LogP contribution in [0.5, 0.6) is 0 Å². The molecule has 2 aliphatic heterocycles. The van der Waals surface area contributed by atoms with Gasteiger partial charge in [-0.2, -0.15) is 0 Å². The number of carbonyl (C=O) groups is 2. The van der Waals surface area contributed by atoms with E-state index in [1.807, 2.05) is 11.9 Å². The van der Waals surface area contributed by atoms with Gasteiger partial charge in [-0.1, -0.05) is 18.2 Å². The van der Waals surface area contributed by atoms with Crippen molar-refractivity contribution in [1.82, 2.24) is 10.2 Å². The smallest absolute Gasteiger partial charge is 0.261 e. The maximum atomic E-state index is 12.3. The molecule has 0 aromatic heterocycles. The summed E-state index contributed by atoms with van der Waals surface area (Å²) in [6, 6.07) is 13.3. The fourth-order valence-electron chi connectivity index (χ4n) is 4.04. The van der Waals surface area contributed by atoms with E-state index in [9.17, 15) is 13.8 Å². The Labute approximate surface area is 179 Å². The molecule has 30 heavy (non-hydrogen) atoms. The summed E-state index contributed by atoms with van der Waals surface area (Å²) in [7, 11) is 1.07. The predicted molar refractivity (Wildman–Crippen MR) is 118 cm³/mol. The fourth-order valence-corrected chi connectivity index (χ4v) is 5.41. The molecule has 0 aliphatic carbocycles. The maximum Gasteiger partial charge on any atom is 0.261 e. The van der Waals surface area contributed by atoms with Gasteiger partial charge in [0.25, 0.3) is 11.8 Å². The molecule has 1 atom stereocenters. The summed E-state index contributed by atoms with van der Waals surface area (Å²) >= 11 is 0. The summed E-state index contributed by atoms with van der Waals surface area (Å²) in [5, 5.41) is 3.40. The third kappa shape index (κ3) is 4.18. The van der Waals surface area contributed by atoms with Crippen LogP contribution in [0.15, 0.2) is 47.4 Å². The average Bonchev–Trinajstić information content (AvgIpc) is 3.17. The molecule has 158 valence electrons. The van der Waals surface area contributed by atoms with Crippen LogP contribution in [0.3, 0.4) is 0 Å². The topological polar surface area (TPSA) is 69.7 Å². The van der Waals surface area contributed by atoms with E-state index in [1.54, 1.807) is 24.3 Å². The summed E-state index contributed by atoms with van der Waals surface area (Å²) in [6.45, 7) is 2.12. The third-order valence-electron chi connectivity index (χ3n) is 5.67. The standard InChI is InChI=1S/C23H27N3O3S/c1-25-16-30(29)21-15-17(10-11-20(21)25)7-4-5-12-24-13-6-14-26-22(27)18-8-2-3-9-19(18)23(26)28/h2-3,8-11,15,24H,4-7,12-14,16H2,1H3. The quantitative estimate of drug-likeness (QED) is 0.494. The number of hydrogen-bond donors (Lipinski definition) is 1. The van der Waals surface area contributed by atoms with Crippen molar-refractivity contribution in [3.05, 3.63) is 59.2 Å². The molecule has 4 rings (SSSR count). The van der Waals surface area contributed by atoms with Gasteiger partial charge in [-0.3, -0.25) is 18.7 Å². The van der Waals surface area contributed by atoms with Crippen LogP contribution in [0.1, 0.15) is 45.5 Å². The summed E-state index contributed by atoms with van der Waals surface area (Å²) < 4.78 is 12.1. The molecule has 7 heteroatoms. The minimum absolute atomic E-state index is 0.183. The van der Waals surface area contributed by atoms with Gasteiger partial charge >= 0.3 is 0 Å². The van der Waals surface area contributed by atoms with Gasteiger partial charge in [-0.05, 0) is 68.6 Å². The molecule has 2 aromatic rings. The van der Waals surface area contributed by atoms with Gasteiger partial charge < -0.3 is 10.2 Å². The van der Waals surface area contributed by atoms with E-state index in [4.69, 9.17) is 0 Å². The zero-order valence-corrected chi connectivity index (χ0v) is 18.0. The lowest BCUT2D eigenvalue weighted by Crippen LogP contribution is -2.32. The number of imide groups is 1. The third-order valence-corrected chi connectivity index (χ3v) is 7.11. The van der Waals surface area contributed by atoms with E-state index >= 15 is 0 Å². The molecular weight excluding hydrogens is 398 g/mol. The fraction of sp³-hybridized carbons (Fsp3) is 0.391. The highest BCUT2D eigenvalue weighted by Crippen LogP contribution is 2.31. The molecule has 2 amide bonds. The van der Waals surface area contributed by atoms with Crippen LogP contribution in [0, 0.1) is 0 Å². The van der Waals surface area contributed by atoms with Crippen LogP contribution in [0.4, 0.5) is 5.69 Å². The van der Waals surface area contributed by atoms with Crippen molar-refractivity contribution in [2.24, 2.45) is 0 Å². The van der Waals surface area contributed by atoms with Gasteiger partial charge in [-0.25, -0.2) is 0 Å². The van der Waals surface area contributed by atoms with Crippen LogP contribution in [-0.4, -0.2) is 53.5 Å². The highest BCUT2D eigenvalue weighted by Gasteiger charge is 2.34. The number of carbonyl (C=O) groups excluding carboxylic acids is 2. The molecule has 0 radical (unpaired) electrons. The second-order valence-corrected chi connectivity index (χ2v) is 9.23. The predicted octanol–water partition coefficient (Wildman–Crippen LogP) is 2.80. The highest BCUT2D eigenvalue weighted by atomic mass is 32.2. The van der Waals surface area contributed by atoms with Gasteiger partial charge in [0, 0.05) is 13.6 Å². The molecular formula is C23H27N3O3S. The molecule has 2 aliphatic rings. The van der Waals surface area contributed by atoms with Gasteiger partial charge in [0.15, 0.2) is 0 Å². The number of nitrogens with one attached hydrogen (secondary N) is 1. The SMILES string of the molecule is CN1CS(=O)c2cc(CCCCNCCCN3C(=O)c4ccccc4C3=O)ccc21. The van der Waals surface area contributed by atoms with Crippen molar-refractivity contribution in [1.29, 1.82) is 0 Å². The molecule has 0 saturated carbocycles. The van der Waals surface area contributed by atoms with Gasteiger partial charge in [-0.15, -0.1) is 0 Å². The van der Waals surface area contributed by atoms with Gasteiger partial charge in [0.1, 0.15) is 0 Å². The molecule has 0 spiro atoms. The van der Waals surface area contributed by atoms with Crippen molar-refractivity contribution in [3.8, 4) is 0 Å². The Bertz CT molecular complexity index is 956. The number of amides is 2. The summed E-state index contributed by atoms with van der Waals surface area (Å²) in [5.41, 5.74) is 3.34. The van der Waals surface area contributed by atoms with Crippen LogP contribution < -0.4 is 10.2 Å². The molecule has 0 saturated heterocycles. The number of unbranched alkanes of at least 4 members (excludes halogenated alkanes) is 1. The van der Waals surface area contributed by atoms with E-state index in [1.165, 1.54) is 10.5 Å². The zero-order valence-electron chi connectivity index (χ0n) is 17.2. The van der Waals surface area contributed by atoms with Crippen molar-refractivity contribution in [2.75, 3.05) is 37.5 Å². The molecule has 0 bridgehead atoms. The van der Waals surface area contributed by atoms with Crippen LogP contribution in [0.2, 0.25) is 0 Å². The summed E-state index contributed by atoms with van der Waals surface area (Å²) in [5.74, 6) is 0.220. The first-order valence-electron chi connectivity index (χ1n) is 10.4. The highest BCUT2D eigenvalue weighted by molar-refractivity contribution is 7.85. The van der Waals surface area contributed by atoms with Crippen LogP contribution >= 0.6 is 0 Å². The first-order valence-corrected chi connectivity index (χ1v) is 11.8. The Hall–Kier alpha value is -2.51. The van der Waals surface area contributed by atoms with E-state index in [0.29, 0.717) is 23.5 Å². The molecule has 1 unspecified atom stereocenters. The minimum Gasteiger partial charge on any atom is -0.361 e. The first kappa shape index (κ1) is 20.8. The van der Waals surface area contributed by atoms with E-state index in [-0.39, 0.29) is 11.8 Å². The molecule has 1 N–H and O–H groups in total. The average molecular weight is 426 g/mol. The Balaban J connectivity index is 1.12. The van der Waals surface area contributed by atoms with E-state index < -0.39 is 10.8 Å². The van der Waals surface area contributed by atoms with Crippen LogP contribution in [0.25, 0.3) is 0 Å². The number of fused-ring (bicyclic) bond motifs is 2. The van der Waals surface area contributed by atoms with E-state index in [2.05, 4.69) is 23.5 Å². The monoisotopic (exact) mass is 425 g/mol. The number of benzene rings is 2. The lowest BCUT2D eigenvalue weighted by molar-refractivity contribution is 0.0652. The second-order valence-electron chi connectivity index (χ2n) is 7.84. The number of aryl methyl sites for hydroxylation is 1. The van der Waals surface area contributed by atoms with Gasteiger partial charge in [0.05, 0.1) is 38.4 Å². The van der Waals surface area contributed by atoms with Crippen molar-refractivity contribution in [3.63, 3.8) is 0 Å². The summed E-state index contributed by atoms with van der Waals surface area (Å²) in [4.78, 5) is 29.0. The second kappa shape index (κ2) is 9.10. The normalized spacial score (nSPS) is 17.6. The Morgan fingerprint density at radius 2 is 1.67 bits per heavy atom. The first-order chi connectivity index (χ1) is 14.6. The lowest BCUT2D eigenvalue weighted by Gasteiger charge is -2.14. The molecule has 6 nitrogen and oxygen atoms in total. The van der Waals surface area contributed by atoms with E-state index in [0.717, 1.165) is 49.4 Å². The summed E-state index contributed by atoms with van der Waals surface area (Å²) in [6.07, 6.45) is 3.83. The minimum atomic E-state index is -0.909. The lowest BCUT2D eigenvalue weighted by atomic mass is 10.1.